The Hall–Kier alpha value is -2.89. The quantitative estimate of drug-likeness (QED) is 0.803. The molecule has 2 aromatic heterocycles. The highest BCUT2D eigenvalue weighted by Gasteiger charge is 2.14. The maximum absolute atomic E-state index is 12.2. The minimum absolute atomic E-state index is 0.0140. The molecule has 0 aliphatic rings. The van der Waals surface area contributed by atoms with Crippen LogP contribution in [0.5, 0.6) is 0 Å². The Morgan fingerprint density at radius 3 is 2.83 bits per heavy atom. The van der Waals surface area contributed by atoms with E-state index in [-0.39, 0.29) is 11.2 Å². The maximum atomic E-state index is 12.2. The third kappa shape index (κ3) is 2.88. The summed E-state index contributed by atoms with van der Waals surface area (Å²) in [4.78, 5) is 24.4. The molecule has 0 saturated carbocycles. The second-order valence-corrected chi connectivity index (χ2v) is 5.56. The van der Waals surface area contributed by atoms with Gasteiger partial charge in [-0.2, -0.15) is 5.10 Å². The van der Waals surface area contributed by atoms with Crippen LogP contribution >= 0.6 is 0 Å². The molecule has 0 aliphatic carbocycles. The number of aryl methyl sites for hydroxylation is 3. The van der Waals surface area contributed by atoms with Crippen molar-refractivity contribution >= 4 is 16.9 Å². The molecule has 23 heavy (non-hydrogen) atoms. The second kappa shape index (κ2) is 5.72. The Balaban J connectivity index is 1.91. The average molecular weight is 311 g/mol. The SMILES string of the molecule is Cc1ccc2c(=O)cc(C(=O)NCc3cnn(C)c3)oc2c1C. The van der Waals surface area contributed by atoms with E-state index in [4.69, 9.17) is 4.42 Å². The van der Waals surface area contributed by atoms with E-state index in [1.165, 1.54) is 6.07 Å². The average Bonchev–Trinajstić information content (AvgIpc) is 2.94. The lowest BCUT2D eigenvalue weighted by molar-refractivity contribution is 0.0923. The van der Waals surface area contributed by atoms with E-state index in [1.807, 2.05) is 26.1 Å². The molecule has 6 heteroatoms. The van der Waals surface area contributed by atoms with E-state index in [0.29, 0.717) is 17.5 Å². The van der Waals surface area contributed by atoms with Crippen molar-refractivity contribution in [1.82, 2.24) is 15.1 Å². The molecule has 0 atom stereocenters. The lowest BCUT2D eigenvalue weighted by Crippen LogP contribution is -2.23. The molecule has 2 heterocycles. The van der Waals surface area contributed by atoms with Crippen LogP contribution in [-0.4, -0.2) is 15.7 Å². The van der Waals surface area contributed by atoms with Crippen molar-refractivity contribution < 1.29 is 9.21 Å². The molecule has 3 rings (SSSR count). The Morgan fingerprint density at radius 1 is 1.35 bits per heavy atom. The first kappa shape index (κ1) is 15.0. The van der Waals surface area contributed by atoms with Crippen molar-refractivity contribution in [2.75, 3.05) is 0 Å². The van der Waals surface area contributed by atoms with E-state index in [0.717, 1.165) is 16.7 Å². The van der Waals surface area contributed by atoms with Gasteiger partial charge in [0.05, 0.1) is 11.6 Å². The number of nitrogens with zero attached hydrogens (tertiary/aromatic N) is 2. The maximum Gasteiger partial charge on any atom is 0.287 e. The number of aromatic nitrogens is 2. The number of hydrogen-bond acceptors (Lipinski definition) is 4. The van der Waals surface area contributed by atoms with Crippen LogP contribution in [0.1, 0.15) is 27.2 Å². The van der Waals surface area contributed by atoms with Crippen molar-refractivity contribution in [2.24, 2.45) is 7.05 Å². The summed E-state index contributed by atoms with van der Waals surface area (Å²) < 4.78 is 7.33. The lowest BCUT2D eigenvalue weighted by Gasteiger charge is -2.07. The number of fused-ring (bicyclic) bond motifs is 1. The summed E-state index contributed by atoms with van der Waals surface area (Å²) in [5.74, 6) is -0.408. The van der Waals surface area contributed by atoms with Crippen LogP contribution < -0.4 is 10.7 Å². The van der Waals surface area contributed by atoms with Gasteiger partial charge in [0, 0.05) is 31.4 Å². The standard InChI is InChI=1S/C17H17N3O3/c1-10-4-5-13-14(21)6-15(23-16(13)11(10)2)17(22)18-7-12-8-19-20(3)9-12/h4-6,8-9H,7H2,1-3H3,(H,18,22). The number of nitrogens with one attached hydrogen (secondary N) is 1. The molecule has 6 nitrogen and oxygen atoms in total. The molecule has 0 aliphatic heterocycles. The fourth-order valence-electron chi connectivity index (χ4n) is 2.40. The number of carbonyl (C=O) groups is 1. The van der Waals surface area contributed by atoms with Crippen molar-refractivity contribution in [3.63, 3.8) is 0 Å². The van der Waals surface area contributed by atoms with Gasteiger partial charge in [0.25, 0.3) is 5.91 Å². The fraction of sp³-hybridized carbons (Fsp3) is 0.235. The predicted octanol–water partition coefficient (Wildman–Crippen LogP) is 2.07. The van der Waals surface area contributed by atoms with Crippen molar-refractivity contribution in [2.45, 2.75) is 20.4 Å². The summed E-state index contributed by atoms with van der Waals surface area (Å²) in [5, 5.41) is 7.25. The van der Waals surface area contributed by atoms with Crippen molar-refractivity contribution in [3.05, 3.63) is 63.3 Å². The van der Waals surface area contributed by atoms with Crippen LogP contribution in [0.4, 0.5) is 0 Å². The van der Waals surface area contributed by atoms with E-state index in [9.17, 15) is 9.59 Å². The van der Waals surface area contributed by atoms with Gasteiger partial charge in [-0.05, 0) is 31.0 Å². The van der Waals surface area contributed by atoms with Gasteiger partial charge in [0.15, 0.2) is 11.2 Å². The zero-order valence-electron chi connectivity index (χ0n) is 13.2. The fourth-order valence-corrected chi connectivity index (χ4v) is 2.40. The highest BCUT2D eigenvalue weighted by molar-refractivity contribution is 5.93. The van der Waals surface area contributed by atoms with Gasteiger partial charge in [-0.1, -0.05) is 6.07 Å². The van der Waals surface area contributed by atoms with Crippen LogP contribution in [0.2, 0.25) is 0 Å². The molecule has 0 saturated heterocycles. The van der Waals surface area contributed by atoms with Crippen molar-refractivity contribution in [1.29, 1.82) is 0 Å². The van der Waals surface area contributed by atoms with E-state index >= 15 is 0 Å². The minimum atomic E-state index is -0.422. The van der Waals surface area contributed by atoms with E-state index in [2.05, 4.69) is 10.4 Å². The molecule has 0 bridgehead atoms. The molecule has 3 aromatic rings. The number of amides is 1. The highest BCUT2D eigenvalue weighted by atomic mass is 16.3. The number of hydrogen-bond donors (Lipinski definition) is 1. The van der Waals surface area contributed by atoms with Gasteiger partial charge in [0.1, 0.15) is 5.58 Å². The first-order valence-corrected chi connectivity index (χ1v) is 7.25. The van der Waals surface area contributed by atoms with Crippen LogP contribution in [0.25, 0.3) is 11.0 Å². The Morgan fingerprint density at radius 2 is 2.13 bits per heavy atom. The van der Waals surface area contributed by atoms with Crippen LogP contribution in [-0.2, 0) is 13.6 Å². The summed E-state index contributed by atoms with van der Waals surface area (Å²) in [6.45, 7) is 4.13. The van der Waals surface area contributed by atoms with Gasteiger partial charge in [-0.3, -0.25) is 14.3 Å². The smallest absolute Gasteiger partial charge is 0.287 e. The van der Waals surface area contributed by atoms with Crippen molar-refractivity contribution in [3.8, 4) is 0 Å². The van der Waals surface area contributed by atoms with Crippen LogP contribution in [0.15, 0.2) is 39.8 Å². The summed E-state index contributed by atoms with van der Waals surface area (Å²) >= 11 is 0. The highest BCUT2D eigenvalue weighted by Crippen LogP contribution is 2.20. The molecule has 0 radical (unpaired) electrons. The number of carbonyl (C=O) groups excluding carboxylic acids is 1. The molecule has 0 spiro atoms. The van der Waals surface area contributed by atoms with Crippen LogP contribution in [0, 0.1) is 13.8 Å². The largest absolute Gasteiger partial charge is 0.450 e. The van der Waals surface area contributed by atoms with E-state index in [1.54, 1.807) is 24.0 Å². The van der Waals surface area contributed by atoms with Gasteiger partial charge >= 0.3 is 0 Å². The second-order valence-electron chi connectivity index (χ2n) is 5.56. The summed E-state index contributed by atoms with van der Waals surface area (Å²) in [5.41, 5.74) is 2.98. The molecule has 0 fully saturated rings. The summed E-state index contributed by atoms with van der Waals surface area (Å²) in [7, 11) is 1.80. The Bertz CT molecular complexity index is 953. The minimum Gasteiger partial charge on any atom is -0.450 e. The Labute approximate surface area is 132 Å². The molecule has 0 unspecified atom stereocenters. The zero-order valence-corrected chi connectivity index (χ0v) is 13.2. The topological polar surface area (TPSA) is 77.1 Å². The third-order valence-corrected chi connectivity index (χ3v) is 3.85. The van der Waals surface area contributed by atoms with Crippen LogP contribution in [0.3, 0.4) is 0 Å². The summed E-state index contributed by atoms with van der Waals surface area (Å²) in [6.07, 6.45) is 3.48. The Kier molecular flexibility index (Phi) is 3.73. The number of benzene rings is 1. The summed E-state index contributed by atoms with van der Waals surface area (Å²) in [6, 6.07) is 4.83. The van der Waals surface area contributed by atoms with Gasteiger partial charge in [-0.15, -0.1) is 0 Å². The molecule has 1 aromatic carbocycles. The van der Waals surface area contributed by atoms with Gasteiger partial charge in [-0.25, -0.2) is 0 Å². The normalized spacial score (nSPS) is 10.9. The predicted molar refractivity (Wildman–Crippen MR) is 86.3 cm³/mol. The van der Waals surface area contributed by atoms with Gasteiger partial charge in [0.2, 0.25) is 0 Å². The lowest BCUT2D eigenvalue weighted by atomic mass is 10.1. The molecular formula is C17H17N3O3. The zero-order chi connectivity index (χ0) is 16.6. The molecule has 1 N–H and O–H groups in total. The van der Waals surface area contributed by atoms with E-state index < -0.39 is 5.91 Å². The first-order chi connectivity index (χ1) is 11.0. The van der Waals surface area contributed by atoms with Gasteiger partial charge < -0.3 is 9.73 Å². The third-order valence-electron chi connectivity index (χ3n) is 3.85. The molecular weight excluding hydrogens is 294 g/mol. The first-order valence-electron chi connectivity index (χ1n) is 7.25. The molecule has 1 amide bonds. The monoisotopic (exact) mass is 311 g/mol. The number of rotatable bonds is 3. The molecule has 118 valence electrons.